The molecule has 1 heterocycles. The van der Waals surface area contributed by atoms with Crippen molar-refractivity contribution in [3.05, 3.63) is 47.8 Å². The van der Waals surface area contributed by atoms with Crippen LogP contribution in [-0.2, 0) is 17.9 Å². The summed E-state index contributed by atoms with van der Waals surface area (Å²) in [5.41, 5.74) is 1.39. The topological polar surface area (TPSA) is 73.2 Å². The molecule has 2 aromatic rings. The quantitative estimate of drug-likeness (QED) is 0.622. The van der Waals surface area contributed by atoms with Gasteiger partial charge in [-0.15, -0.1) is 6.42 Å². The summed E-state index contributed by atoms with van der Waals surface area (Å²) in [6.07, 6.45) is 7.96. The number of hydrogen-bond donors (Lipinski definition) is 1. The van der Waals surface area contributed by atoms with Crippen molar-refractivity contribution in [3.63, 3.8) is 0 Å². The molecule has 1 aromatic carbocycles. The van der Waals surface area contributed by atoms with E-state index in [0.29, 0.717) is 24.4 Å². The summed E-state index contributed by atoms with van der Waals surface area (Å²) in [5, 5.41) is 6.86. The monoisotopic (exact) mass is 325 g/mol. The van der Waals surface area contributed by atoms with Crippen LogP contribution < -0.4 is 10.1 Å². The lowest BCUT2D eigenvalue weighted by atomic mass is 10.1. The number of Topliss-reactive ketones (excluding diaryl/α,β-unsaturated/α-hetero) is 1. The number of aromatic nitrogens is 2. The molecule has 0 radical (unpaired) electrons. The molecule has 0 aliphatic rings. The van der Waals surface area contributed by atoms with Gasteiger partial charge < -0.3 is 10.1 Å². The average Bonchev–Trinajstić information content (AvgIpc) is 3.00. The van der Waals surface area contributed by atoms with E-state index in [4.69, 9.17) is 11.2 Å². The lowest BCUT2D eigenvalue weighted by Crippen LogP contribution is -2.35. The maximum absolute atomic E-state index is 12.1. The molecule has 0 saturated carbocycles. The minimum absolute atomic E-state index is 0.0541. The summed E-state index contributed by atoms with van der Waals surface area (Å²) < 4.78 is 7.21. The molecule has 0 aliphatic heterocycles. The first-order valence-electron chi connectivity index (χ1n) is 7.49. The maximum Gasteiger partial charge on any atom is 0.261 e. The first kappa shape index (κ1) is 17.3. The summed E-state index contributed by atoms with van der Waals surface area (Å²) in [4.78, 5) is 23.5. The zero-order chi connectivity index (χ0) is 17.5. The number of terminal acetylenes is 1. The van der Waals surface area contributed by atoms with Gasteiger partial charge in [0.25, 0.3) is 5.91 Å². The van der Waals surface area contributed by atoms with E-state index in [1.807, 2.05) is 0 Å². The predicted octanol–water partition coefficient (Wildman–Crippen LogP) is 1.80. The van der Waals surface area contributed by atoms with E-state index in [1.165, 1.54) is 6.92 Å². The molecule has 6 nitrogen and oxygen atoms in total. The van der Waals surface area contributed by atoms with Crippen LogP contribution in [0, 0.1) is 12.3 Å². The van der Waals surface area contributed by atoms with Gasteiger partial charge >= 0.3 is 0 Å². The molecule has 24 heavy (non-hydrogen) atoms. The summed E-state index contributed by atoms with van der Waals surface area (Å²) >= 11 is 0. The Bertz CT molecular complexity index is 774. The van der Waals surface area contributed by atoms with Crippen molar-refractivity contribution in [2.45, 2.75) is 33.0 Å². The maximum atomic E-state index is 12.1. The third-order valence-electron chi connectivity index (χ3n) is 3.33. The Kier molecular flexibility index (Phi) is 5.74. The van der Waals surface area contributed by atoms with Gasteiger partial charge in [-0.2, -0.15) is 5.10 Å². The number of carbonyl (C=O) groups excluding carboxylic acids is 2. The lowest BCUT2D eigenvalue weighted by molar-refractivity contribution is -0.127. The molecule has 0 bridgehead atoms. The van der Waals surface area contributed by atoms with Crippen LogP contribution in [0.15, 0.2) is 36.7 Å². The summed E-state index contributed by atoms with van der Waals surface area (Å²) in [6, 6.07) is 6.75. The van der Waals surface area contributed by atoms with Crippen LogP contribution >= 0.6 is 0 Å². The predicted molar refractivity (Wildman–Crippen MR) is 89.4 cm³/mol. The average molecular weight is 325 g/mol. The van der Waals surface area contributed by atoms with Crippen LogP contribution in [0.1, 0.15) is 29.8 Å². The van der Waals surface area contributed by atoms with E-state index in [-0.39, 0.29) is 11.7 Å². The fourth-order valence-corrected chi connectivity index (χ4v) is 2.06. The van der Waals surface area contributed by atoms with Crippen LogP contribution in [0.4, 0.5) is 0 Å². The van der Waals surface area contributed by atoms with Crippen molar-refractivity contribution in [1.82, 2.24) is 15.1 Å². The van der Waals surface area contributed by atoms with E-state index in [9.17, 15) is 9.59 Å². The third-order valence-corrected chi connectivity index (χ3v) is 3.33. The normalized spacial score (nSPS) is 11.4. The van der Waals surface area contributed by atoms with E-state index >= 15 is 0 Å². The fourth-order valence-electron chi connectivity index (χ4n) is 2.06. The summed E-state index contributed by atoms with van der Waals surface area (Å²) in [5.74, 6) is 2.66. The van der Waals surface area contributed by atoms with Crippen molar-refractivity contribution < 1.29 is 14.3 Å². The van der Waals surface area contributed by atoms with Gasteiger partial charge in [-0.25, -0.2) is 0 Å². The smallest absolute Gasteiger partial charge is 0.261 e. The number of carbonyl (C=O) groups is 2. The highest BCUT2D eigenvalue weighted by Gasteiger charge is 2.15. The van der Waals surface area contributed by atoms with Crippen molar-refractivity contribution >= 4 is 11.7 Å². The first-order chi connectivity index (χ1) is 11.5. The molecule has 1 amide bonds. The highest BCUT2D eigenvalue weighted by Crippen LogP contribution is 2.15. The van der Waals surface area contributed by atoms with Gasteiger partial charge in [-0.05, 0) is 26.0 Å². The van der Waals surface area contributed by atoms with Gasteiger partial charge in [0.05, 0.1) is 6.20 Å². The summed E-state index contributed by atoms with van der Waals surface area (Å²) in [6.45, 7) is 3.86. The fraction of sp³-hybridized carbons (Fsp3) is 0.278. The van der Waals surface area contributed by atoms with Gasteiger partial charge in [0, 0.05) is 23.9 Å². The first-order valence-corrected chi connectivity index (χ1v) is 7.49. The second-order valence-electron chi connectivity index (χ2n) is 5.31. The van der Waals surface area contributed by atoms with E-state index in [1.54, 1.807) is 48.3 Å². The molecule has 0 aliphatic carbocycles. The molecular formula is C18H19N3O3. The van der Waals surface area contributed by atoms with E-state index < -0.39 is 6.10 Å². The zero-order valence-corrected chi connectivity index (χ0v) is 13.7. The Morgan fingerprint density at radius 3 is 2.96 bits per heavy atom. The van der Waals surface area contributed by atoms with Crippen LogP contribution in [-0.4, -0.2) is 27.6 Å². The second-order valence-corrected chi connectivity index (χ2v) is 5.31. The number of ether oxygens (including phenoxy) is 1. The van der Waals surface area contributed by atoms with Crippen molar-refractivity contribution in [2.24, 2.45) is 0 Å². The molecule has 0 fully saturated rings. The Hall–Kier alpha value is -3.07. The highest BCUT2D eigenvalue weighted by molar-refractivity contribution is 5.94. The van der Waals surface area contributed by atoms with Crippen molar-refractivity contribution in [1.29, 1.82) is 0 Å². The molecule has 0 spiro atoms. The van der Waals surface area contributed by atoms with Crippen LogP contribution in [0.3, 0.4) is 0 Å². The molecule has 0 unspecified atom stereocenters. The van der Waals surface area contributed by atoms with E-state index in [2.05, 4.69) is 16.3 Å². The van der Waals surface area contributed by atoms with Gasteiger partial charge in [0.15, 0.2) is 11.9 Å². The second kappa shape index (κ2) is 7.97. The van der Waals surface area contributed by atoms with Crippen molar-refractivity contribution in [2.75, 3.05) is 0 Å². The molecule has 1 aromatic heterocycles. The number of nitrogens with zero attached hydrogens (tertiary/aromatic N) is 2. The molecule has 6 heteroatoms. The Labute approximate surface area is 140 Å². The number of rotatable bonds is 7. The Morgan fingerprint density at radius 1 is 1.46 bits per heavy atom. The minimum Gasteiger partial charge on any atom is -0.481 e. The van der Waals surface area contributed by atoms with Crippen LogP contribution in [0.25, 0.3) is 0 Å². The molecule has 1 atom stereocenters. The third kappa shape index (κ3) is 4.71. The molecular weight excluding hydrogens is 306 g/mol. The number of nitrogens with one attached hydrogen (secondary N) is 1. The zero-order valence-electron chi connectivity index (χ0n) is 13.7. The number of benzene rings is 1. The van der Waals surface area contributed by atoms with Gasteiger partial charge in [0.1, 0.15) is 12.3 Å². The largest absolute Gasteiger partial charge is 0.481 e. The Balaban J connectivity index is 1.88. The highest BCUT2D eigenvalue weighted by atomic mass is 16.5. The SMILES string of the molecule is C#CCn1cc(CNC(=O)[C@H](C)Oc2cccc(C(C)=O)c2)cn1. The van der Waals surface area contributed by atoms with Crippen molar-refractivity contribution in [3.8, 4) is 18.1 Å². The lowest BCUT2D eigenvalue weighted by Gasteiger charge is -2.14. The van der Waals surface area contributed by atoms with E-state index in [0.717, 1.165) is 5.56 Å². The minimum atomic E-state index is -0.687. The van der Waals surface area contributed by atoms with Gasteiger partial charge in [-0.1, -0.05) is 18.1 Å². The van der Waals surface area contributed by atoms with Crippen LogP contribution in [0.5, 0.6) is 5.75 Å². The van der Waals surface area contributed by atoms with Gasteiger partial charge in [0.2, 0.25) is 0 Å². The molecule has 2 rings (SSSR count). The standard InChI is InChI=1S/C18H19N3O3/c1-4-8-21-12-15(11-20-21)10-19-18(23)14(3)24-17-7-5-6-16(9-17)13(2)22/h1,5-7,9,11-12,14H,8,10H2,2-3H3,(H,19,23)/t14-/m0/s1. The summed E-state index contributed by atoms with van der Waals surface area (Å²) in [7, 11) is 0. The number of ketones is 1. The number of hydrogen-bond acceptors (Lipinski definition) is 4. The number of amides is 1. The molecule has 124 valence electrons. The van der Waals surface area contributed by atoms with Crippen LogP contribution in [0.2, 0.25) is 0 Å². The molecule has 1 N–H and O–H groups in total. The van der Waals surface area contributed by atoms with Gasteiger partial charge in [-0.3, -0.25) is 14.3 Å². The molecule has 0 saturated heterocycles. The Morgan fingerprint density at radius 2 is 2.25 bits per heavy atom.